The van der Waals surface area contributed by atoms with Crippen LogP contribution in [0.3, 0.4) is 0 Å². The van der Waals surface area contributed by atoms with Crippen molar-refractivity contribution < 1.29 is 19.4 Å². The maximum atomic E-state index is 13.3. The number of hydrogen-bond acceptors (Lipinski definition) is 4. The summed E-state index contributed by atoms with van der Waals surface area (Å²) in [7, 11) is 1.95. The minimum Gasteiger partial charge on any atom is -0.444 e. The molecule has 7 nitrogen and oxygen atoms in total. The van der Waals surface area contributed by atoms with E-state index in [1.165, 1.54) is 0 Å². The molecule has 0 spiro atoms. The number of amides is 2. The number of alkyl carbamates (subject to hydrolysis) is 1. The lowest BCUT2D eigenvalue weighted by molar-refractivity contribution is -0.124. The summed E-state index contributed by atoms with van der Waals surface area (Å²) in [6.07, 6.45) is 2.08. The second kappa shape index (κ2) is 10.5. The van der Waals surface area contributed by atoms with Gasteiger partial charge in [-0.05, 0) is 44.4 Å². The van der Waals surface area contributed by atoms with Gasteiger partial charge in [-0.15, -0.1) is 0 Å². The van der Waals surface area contributed by atoms with Crippen molar-refractivity contribution in [3.63, 3.8) is 0 Å². The van der Waals surface area contributed by atoms with Gasteiger partial charge in [0.25, 0.3) is 0 Å². The number of carbonyl (C=O) groups excluding carboxylic acids is 2. The van der Waals surface area contributed by atoms with Crippen LogP contribution in [0.4, 0.5) is 4.79 Å². The third-order valence-corrected chi connectivity index (χ3v) is 5.30. The summed E-state index contributed by atoms with van der Waals surface area (Å²) in [6, 6.07) is 16.2. The SMILES string of the molecule is Cn1cc(C[C@H](NC(=O)OC(C)(C)C)C(=O)N[C@@H](CO)Cc2ccccc2)c2ccccc21. The predicted molar refractivity (Wildman–Crippen MR) is 129 cm³/mol. The molecule has 0 radical (unpaired) electrons. The van der Waals surface area contributed by atoms with Crippen LogP contribution in [0.25, 0.3) is 10.9 Å². The normalized spacial score (nSPS) is 13.4. The van der Waals surface area contributed by atoms with Gasteiger partial charge in [0.2, 0.25) is 5.91 Å². The topological polar surface area (TPSA) is 92.6 Å². The van der Waals surface area contributed by atoms with Crippen molar-refractivity contribution in [1.29, 1.82) is 0 Å². The highest BCUT2D eigenvalue weighted by Gasteiger charge is 2.27. The van der Waals surface area contributed by atoms with Crippen LogP contribution in [-0.4, -0.2) is 46.0 Å². The summed E-state index contributed by atoms with van der Waals surface area (Å²) >= 11 is 0. The van der Waals surface area contributed by atoms with Gasteiger partial charge in [0, 0.05) is 30.6 Å². The number of benzene rings is 2. The highest BCUT2D eigenvalue weighted by atomic mass is 16.6. The van der Waals surface area contributed by atoms with E-state index in [0.29, 0.717) is 6.42 Å². The summed E-state index contributed by atoms with van der Waals surface area (Å²) < 4.78 is 7.39. The summed E-state index contributed by atoms with van der Waals surface area (Å²) in [5, 5.41) is 16.5. The average molecular weight is 452 g/mol. The van der Waals surface area contributed by atoms with E-state index < -0.39 is 23.8 Å². The van der Waals surface area contributed by atoms with Crippen LogP contribution in [0.15, 0.2) is 60.8 Å². The van der Waals surface area contributed by atoms with Gasteiger partial charge in [-0.1, -0.05) is 48.5 Å². The Morgan fingerprint density at radius 1 is 1.00 bits per heavy atom. The number of hydrogen-bond donors (Lipinski definition) is 3. The van der Waals surface area contributed by atoms with Gasteiger partial charge in [0.05, 0.1) is 12.6 Å². The van der Waals surface area contributed by atoms with Crippen LogP contribution in [-0.2, 0) is 29.4 Å². The Morgan fingerprint density at radius 3 is 2.33 bits per heavy atom. The number of rotatable bonds is 8. The highest BCUT2D eigenvalue weighted by molar-refractivity contribution is 5.88. The van der Waals surface area contributed by atoms with E-state index in [0.717, 1.165) is 22.0 Å². The number of para-hydroxylation sites is 1. The van der Waals surface area contributed by atoms with E-state index in [2.05, 4.69) is 10.6 Å². The minimum absolute atomic E-state index is 0.214. The van der Waals surface area contributed by atoms with Crippen LogP contribution < -0.4 is 10.6 Å². The Labute approximate surface area is 194 Å². The smallest absolute Gasteiger partial charge is 0.408 e. The molecule has 3 aromatic rings. The third kappa shape index (κ3) is 6.83. The second-order valence-corrected chi connectivity index (χ2v) is 9.26. The lowest BCUT2D eigenvalue weighted by Gasteiger charge is -2.25. The van der Waals surface area contributed by atoms with Crippen molar-refractivity contribution in [3.8, 4) is 0 Å². The van der Waals surface area contributed by atoms with Crippen molar-refractivity contribution in [1.82, 2.24) is 15.2 Å². The number of aryl methyl sites for hydroxylation is 1. The van der Waals surface area contributed by atoms with Gasteiger partial charge in [-0.25, -0.2) is 4.79 Å². The number of aromatic nitrogens is 1. The fourth-order valence-corrected chi connectivity index (χ4v) is 3.83. The quantitative estimate of drug-likeness (QED) is 0.490. The van der Waals surface area contributed by atoms with E-state index in [4.69, 9.17) is 4.74 Å². The van der Waals surface area contributed by atoms with Crippen molar-refractivity contribution in [2.45, 2.75) is 51.3 Å². The van der Waals surface area contributed by atoms with E-state index in [1.54, 1.807) is 20.8 Å². The lowest BCUT2D eigenvalue weighted by Crippen LogP contribution is -2.52. The maximum Gasteiger partial charge on any atom is 0.408 e. The average Bonchev–Trinajstić information content (AvgIpc) is 3.07. The third-order valence-electron chi connectivity index (χ3n) is 5.30. The number of aliphatic hydroxyl groups is 1. The van der Waals surface area contributed by atoms with Gasteiger partial charge in [0.15, 0.2) is 0 Å². The minimum atomic E-state index is -0.865. The first kappa shape index (κ1) is 24.3. The van der Waals surface area contributed by atoms with Crippen LogP contribution in [0.1, 0.15) is 31.9 Å². The molecule has 1 heterocycles. The van der Waals surface area contributed by atoms with Gasteiger partial charge in [-0.2, -0.15) is 0 Å². The molecule has 33 heavy (non-hydrogen) atoms. The van der Waals surface area contributed by atoms with E-state index in [9.17, 15) is 14.7 Å². The standard InChI is InChI=1S/C26H33N3O4/c1-26(2,3)33-25(32)28-22(15-19-16-29(4)23-13-9-8-12-21(19)23)24(31)27-20(17-30)14-18-10-6-5-7-11-18/h5-13,16,20,22,30H,14-15,17H2,1-4H3,(H,27,31)(H,28,32)/t20-,22+/m1/s1. The van der Waals surface area contributed by atoms with Crippen LogP contribution in [0, 0.1) is 0 Å². The van der Waals surface area contributed by atoms with Crippen LogP contribution >= 0.6 is 0 Å². The molecule has 0 saturated carbocycles. The van der Waals surface area contributed by atoms with Crippen molar-refractivity contribution in [3.05, 3.63) is 71.9 Å². The van der Waals surface area contributed by atoms with Gasteiger partial charge in [-0.3, -0.25) is 4.79 Å². The summed E-state index contributed by atoms with van der Waals surface area (Å²) in [6.45, 7) is 5.10. The highest BCUT2D eigenvalue weighted by Crippen LogP contribution is 2.22. The Morgan fingerprint density at radius 2 is 1.67 bits per heavy atom. The summed E-state index contributed by atoms with van der Waals surface area (Å²) in [5.74, 6) is -0.372. The molecule has 2 aromatic carbocycles. The molecule has 2 atom stereocenters. The van der Waals surface area contributed by atoms with Gasteiger partial charge in [0.1, 0.15) is 11.6 Å². The molecule has 0 fully saturated rings. The molecule has 0 aliphatic carbocycles. The molecule has 2 amide bonds. The molecular weight excluding hydrogens is 418 g/mol. The molecule has 3 N–H and O–H groups in total. The summed E-state index contributed by atoms with van der Waals surface area (Å²) in [5.41, 5.74) is 2.29. The fourth-order valence-electron chi connectivity index (χ4n) is 3.83. The molecule has 7 heteroatoms. The van der Waals surface area contributed by atoms with Crippen molar-refractivity contribution in [2.24, 2.45) is 7.05 Å². The zero-order valence-corrected chi connectivity index (χ0v) is 19.7. The number of ether oxygens (including phenoxy) is 1. The predicted octanol–water partition coefficient (Wildman–Crippen LogP) is 3.33. The largest absolute Gasteiger partial charge is 0.444 e. The first-order valence-electron chi connectivity index (χ1n) is 11.1. The molecule has 3 rings (SSSR count). The Bertz CT molecular complexity index is 1090. The number of aliphatic hydroxyl groups excluding tert-OH is 1. The van der Waals surface area contributed by atoms with Crippen molar-refractivity contribution >= 4 is 22.9 Å². The number of carbonyl (C=O) groups is 2. The summed E-state index contributed by atoms with van der Waals surface area (Å²) in [4.78, 5) is 25.8. The van der Waals surface area contributed by atoms with Gasteiger partial charge >= 0.3 is 6.09 Å². The number of fused-ring (bicyclic) bond motifs is 1. The molecule has 0 aliphatic heterocycles. The van der Waals surface area contributed by atoms with E-state index in [-0.39, 0.29) is 18.9 Å². The molecular formula is C26H33N3O4. The Kier molecular flexibility index (Phi) is 7.76. The monoisotopic (exact) mass is 451 g/mol. The van der Waals surface area contributed by atoms with E-state index >= 15 is 0 Å². The zero-order chi connectivity index (χ0) is 24.0. The van der Waals surface area contributed by atoms with E-state index in [1.807, 2.05) is 72.4 Å². The van der Waals surface area contributed by atoms with Crippen LogP contribution in [0.2, 0.25) is 0 Å². The molecule has 0 saturated heterocycles. The maximum absolute atomic E-state index is 13.3. The first-order chi connectivity index (χ1) is 15.7. The van der Waals surface area contributed by atoms with Crippen molar-refractivity contribution in [2.75, 3.05) is 6.61 Å². The van der Waals surface area contributed by atoms with Gasteiger partial charge < -0.3 is 25.0 Å². The second-order valence-electron chi connectivity index (χ2n) is 9.26. The molecule has 0 aliphatic rings. The molecule has 176 valence electrons. The number of nitrogens with one attached hydrogen (secondary N) is 2. The lowest BCUT2D eigenvalue weighted by atomic mass is 10.0. The fraction of sp³-hybridized carbons (Fsp3) is 0.385. The van der Waals surface area contributed by atoms with Crippen LogP contribution in [0.5, 0.6) is 0 Å². The molecule has 1 aromatic heterocycles. The molecule has 0 bridgehead atoms. The Hall–Kier alpha value is -3.32. The Balaban J connectivity index is 1.80. The number of nitrogens with zero attached hydrogens (tertiary/aromatic N) is 1. The first-order valence-corrected chi connectivity index (χ1v) is 11.1. The molecule has 0 unspecified atom stereocenters. The zero-order valence-electron chi connectivity index (χ0n) is 19.7.